The smallest absolute Gasteiger partial charge is 0.372 e. The third kappa shape index (κ3) is 2.97. The van der Waals surface area contributed by atoms with Crippen LogP contribution in [0.3, 0.4) is 0 Å². The summed E-state index contributed by atoms with van der Waals surface area (Å²) in [5, 5.41) is 16.6. The number of aromatic nitrogens is 2. The molecule has 0 aliphatic heterocycles. The summed E-state index contributed by atoms with van der Waals surface area (Å²) in [6, 6.07) is 20.9. The maximum absolute atomic E-state index is 14.4. The lowest BCUT2D eigenvalue weighted by atomic mass is 9.82. The topological polar surface area (TPSA) is 38.1 Å². The van der Waals surface area contributed by atoms with Crippen molar-refractivity contribution in [2.45, 2.75) is 11.8 Å². The van der Waals surface area contributed by atoms with Gasteiger partial charge in [-0.15, -0.1) is 0 Å². The number of halogens is 4. The first-order chi connectivity index (χ1) is 15.3. The van der Waals surface area contributed by atoms with Crippen molar-refractivity contribution >= 4 is 21.7 Å². The summed E-state index contributed by atoms with van der Waals surface area (Å²) in [5.41, 5.74) is -3.26. The fourth-order valence-corrected chi connectivity index (χ4v) is 4.09. The van der Waals surface area contributed by atoms with Crippen LogP contribution in [0.2, 0.25) is 0 Å². The molecule has 0 aliphatic carbocycles. The molecule has 1 aromatic heterocycles. The Labute approximate surface area is 180 Å². The van der Waals surface area contributed by atoms with Crippen LogP contribution in [-0.2, 0) is 5.60 Å². The van der Waals surface area contributed by atoms with Gasteiger partial charge in [0.05, 0.1) is 11.7 Å². The van der Waals surface area contributed by atoms with E-state index in [0.29, 0.717) is 21.7 Å². The van der Waals surface area contributed by atoms with Gasteiger partial charge in [-0.3, -0.25) is 0 Å². The number of hydrogen-bond acceptors (Lipinski definition) is 2. The predicted octanol–water partition coefficient (Wildman–Crippen LogP) is 6.12. The van der Waals surface area contributed by atoms with Crippen molar-refractivity contribution in [1.29, 1.82) is 0 Å². The third-order valence-corrected chi connectivity index (χ3v) is 5.66. The Morgan fingerprint density at radius 3 is 2.28 bits per heavy atom. The summed E-state index contributed by atoms with van der Waals surface area (Å²) in [6.07, 6.45) is -3.64. The average Bonchev–Trinajstić information content (AvgIpc) is 3.21. The molecule has 1 atom stereocenters. The van der Waals surface area contributed by atoms with E-state index in [0.717, 1.165) is 0 Å². The molecule has 0 saturated heterocycles. The number of hydrogen-bond donors (Lipinski definition) is 1. The van der Waals surface area contributed by atoms with Crippen LogP contribution >= 0.6 is 0 Å². The molecule has 0 bridgehead atoms. The number of rotatable bonds is 3. The Balaban J connectivity index is 1.73. The minimum absolute atomic E-state index is 0.176. The van der Waals surface area contributed by atoms with E-state index in [2.05, 4.69) is 5.10 Å². The number of nitrogens with zero attached hydrogens (tertiary/aromatic N) is 2. The molecule has 1 heterocycles. The van der Waals surface area contributed by atoms with Crippen molar-refractivity contribution in [2.75, 3.05) is 0 Å². The molecule has 160 valence electrons. The van der Waals surface area contributed by atoms with Crippen molar-refractivity contribution in [3.63, 3.8) is 0 Å². The summed E-state index contributed by atoms with van der Waals surface area (Å²) < 4.78 is 58.8. The zero-order valence-corrected chi connectivity index (χ0v) is 16.5. The van der Waals surface area contributed by atoms with Gasteiger partial charge in [-0.1, -0.05) is 60.7 Å². The largest absolute Gasteiger partial charge is 0.425 e. The highest BCUT2D eigenvalue weighted by molar-refractivity contribution is 5.88. The van der Waals surface area contributed by atoms with Crippen LogP contribution in [0.25, 0.3) is 27.4 Å². The predicted molar refractivity (Wildman–Crippen MR) is 114 cm³/mol. The van der Waals surface area contributed by atoms with E-state index < -0.39 is 17.6 Å². The van der Waals surface area contributed by atoms with Crippen LogP contribution < -0.4 is 0 Å². The molecule has 0 fully saturated rings. The SMILES string of the molecule is OC(c1ccc2c(cnn2-c2ccccc2F)c1)(c1cccc2ccccc12)C(F)(F)F. The second kappa shape index (κ2) is 7.17. The van der Waals surface area contributed by atoms with Gasteiger partial charge in [0.15, 0.2) is 0 Å². The fraction of sp³-hybridized carbons (Fsp3) is 0.0800. The fourth-order valence-electron chi connectivity index (χ4n) is 4.09. The van der Waals surface area contributed by atoms with Crippen molar-refractivity contribution in [2.24, 2.45) is 0 Å². The van der Waals surface area contributed by atoms with Crippen molar-refractivity contribution < 1.29 is 22.7 Å². The second-order valence-corrected chi connectivity index (χ2v) is 7.52. The van der Waals surface area contributed by atoms with E-state index in [1.165, 1.54) is 59.4 Å². The van der Waals surface area contributed by atoms with Gasteiger partial charge in [-0.25, -0.2) is 9.07 Å². The highest BCUT2D eigenvalue weighted by Crippen LogP contribution is 2.47. The number of para-hydroxylation sites is 1. The third-order valence-electron chi connectivity index (χ3n) is 5.66. The standard InChI is InChI=1S/C25H16F4N2O/c26-21-10-3-4-11-23(21)31-22-13-12-18(14-17(22)15-30-31)24(32,25(27,28)29)20-9-5-7-16-6-1-2-8-19(16)20/h1-15,32H. The van der Waals surface area contributed by atoms with Crippen LogP contribution in [0, 0.1) is 5.82 Å². The normalized spacial score (nSPS) is 14.0. The average molecular weight is 436 g/mol. The van der Waals surface area contributed by atoms with Gasteiger partial charge in [-0.2, -0.15) is 18.3 Å². The first kappa shape index (κ1) is 20.2. The van der Waals surface area contributed by atoms with Gasteiger partial charge in [0.2, 0.25) is 5.60 Å². The monoisotopic (exact) mass is 436 g/mol. The molecule has 5 rings (SSSR count). The van der Waals surface area contributed by atoms with E-state index >= 15 is 0 Å². The van der Waals surface area contributed by atoms with Gasteiger partial charge >= 0.3 is 6.18 Å². The van der Waals surface area contributed by atoms with E-state index in [1.54, 1.807) is 36.4 Å². The van der Waals surface area contributed by atoms with Crippen molar-refractivity contribution in [3.05, 3.63) is 108 Å². The van der Waals surface area contributed by atoms with Crippen LogP contribution in [-0.4, -0.2) is 21.1 Å². The molecule has 7 heteroatoms. The molecule has 1 N–H and O–H groups in total. The minimum atomic E-state index is -4.99. The Hall–Kier alpha value is -3.71. The Morgan fingerprint density at radius 1 is 0.781 bits per heavy atom. The summed E-state index contributed by atoms with van der Waals surface area (Å²) in [6.45, 7) is 0. The number of alkyl halides is 3. The molecule has 0 spiro atoms. The lowest BCUT2D eigenvalue weighted by molar-refractivity contribution is -0.247. The quantitative estimate of drug-likeness (QED) is 0.346. The van der Waals surface area contributed by atoms with E-state index in [1.807, 2.05) is 0 Å². The molecule has 4 aromatic carbocycles. The summed E-state index contributed by atoms with van der Waals surface area (Å²) in [4.78, 5) is 0. The zero-order valence-electron chi connectivity index (χ0n) is 16.5. The van der Waals surface area contributed by atoms with Crippen LogP contribution in [0.1, 0.15) is 11.1 Å². The molecular formula is C25H16F4N2O. The Bertz CT molecular complexity index is 1450. The van der Waals surface area contributed by atoms with E-state index in [9.17, 15) is 22.7 Å². The van der Waals surface area contributed by atoms with Crippen molar-refractivity contribution in [1.82, 2.24) is 9.78 Å². The molecule has 0 radical (unpaired) electrons. The van der Waals surface area contributed by atoms with E-state index in [-0.39, 0.29) is 16.8 Å². The molecule has 0 amide bonds. The zero-order chi connectivity index (χ0) is 22.5. The molecule has 1 unspecified atom stereocenters. The van der Waals surface area contributed by atoms with Gasteiger partial charge in [0.25, 0.3) is 0 Å². The summed E-state index contributed by atoms with van der Waals surface area (Å²) in [5.74, 6) is -0.510. The minimum Gasteiger partial charge on any atom is -0.372 e. The lowest BCUT2D eigenvalue weighted by Crippen LogP contribution is -2.43. The molecule has 3 nitrogen and oxygen atoms in total. The van der Waals surface area contributed by atoms with Crippen LogP contribution in [0.5, 0.6) is 0 Å². The van der Waals surface area contributed by atoms with Gasteiger partial charge in [-0.05, 0) is 40.6 Å². The van der Waals surface area contributed by atoms with Crippen molar-refractivity contribution in [3.8, 4) is 5.69 Å². The molecule has 0 saturated carbocycles. The highest BCUT2D eigenvalue weighted by atomic mass is 19.4. The number of benzene rings is 4. The Morgan fingerprint density at radius 2 is 1.50 bits per heavy atom. The Kier molecular flexibility index (Phi) is 4.53. The van der Waals surface area contributed by atoms with Gasteiger partial charge in [0.1, 0.15) is 11.5 Å². The first-order valence-corrected chi connectivity index (χ1v) is 9.81. The van der Waals surface area contributed by atoms with Crippen LogP contribution in [0.15, 0.2) is 91.1 Å². The lowest BCUT2D eigenvalue weighted by Gasteiger charge is -2.32. The first-order valence-electron chi connectivity index (χ1n) is 9.81. The van der Waals surface area contributed by atoms with Crippen LogP contribution in [0.4, 0.5) is 17.6 Å². The highest BCUT2D eigenvalue weighted by Gasteiger charge is 2.57. The number of aliphatic hydroxyl groups is 1. The number of fused-ring (bicyclic) bond motifs is 2. The summed E-state index contributed by atoms with van der Waals surface area (Å²) >= 11 is 0. The maximum atomic E-state index is 14.4. The molecular weight excluding hydrogens is 420 g/mol. The summed E-state index contributed by atoms with van der Waals surface area (Å²) in [7, 11) is 0. The van der Waals surface area contributed by atoms with Gasteiger partial charge in [0, 0.05) is 10.9 Å². The molecule has 5 aromatic rings. The maximum Gasteiger partial charge on any atom is 0.425 e. The molecule has 0 aliphatic rings. The molecule has 32 heavy (non-hydrogen) atoms. The van der Waals surface area contributed by atoms with Gasteiger partial charge < -0.3 is 5.11 Å². The van der Waals surface area contributed by atoms with E-state index in [4.69, 9.17) is 0 Å². The second-order valence-electron chi connectivity index (χ2n) is 7.52.